The maximum absolute atomic E-state index is 12.3. The van der Waals surface area contributed by atoms with Crippen LogP contribution in [-0.2, 0) is 28.5 Å². The van der Waals surface area contributed by atoms with Gasteiger partial charge in [0.05, 0.1) is 11.7 Å². The van der Waals surface area contributed by atoms with Gasteiger partial charge in [0, 0.05) is 11.1 Å². The number of alkyl carbamates (subject to hydrolysis) is 1. The molecule has 0 bridgehead atoms. The van der Waals surface area contributed by atoms with Crippen LogP contribution < -0.4 is 10.0 Å². The van der Waals surface area contributed by atoms with E-state index in [1.807, 2.05) is 38.3 Å². The van der Waals surface area contributed by atoms with Crippen LogP contribution in [0, 0.1) is 0 Å². The molecule has 9 heteroatoms. The molecule has 1 heterocycles. The molecular weight excluding hydrogens is 398 g/mol. The summed E-state index contributed by atoms with van der Waals surface area (Å²) in [6, 6.07) is 6.70. The molecule has 2 aromatic rings. The average molecular weight is 426 g/mol. The number of ether oxygens (including phenoxy) is 1. The number of carbonyl (C=O) groups excluding carboxylic acids is 1. The van der Waals surface area contributed by atoms with E-state index in [2.05, 4.69) is 21.9 Å². The van der Waals surface area contributed by atoms with Crippen LogP contribution >= 0.6 is 11.3 Å². The lowest BCUT2D eigenvalue weighted by molar-refractivity contribution is 0.0503. The van der Waals surface area contributed by atoms with Crippen LogP contribution in [0.3, 0.4) is 0 Å². The van der Waals surface area contributed by atoms with Gasteiger partial charge in [0.1, 0.15) is 10.6 Å². The van der Waals surface area contributed by atoms with Gasteiger partial charge in [-0.05, 0) is 51.3 Å². The summed E-state index contributed by atoms with van der Waals surface area (Å²) in [5.41, 5.74) is 1.86. The predicted octanol–water partition coefficient (Wildman–Crippen LogP) is 3.84. The van der Waals surface area contributed by atoms with Gasteiger partial charge in [0.25, 0.3) is 0 Å². The van der Waals surface area contributed by atoms with E-state index < -0.39 is 22.6 Å². The first-order chi connectivity index (χ1) is 13.2. The minimum atomic E-state index is -2.70. The number of benzene rings is 1. The molecule has 2 rings (SSSR count). The van der Waals surface area contributed by atoms with Crippen molar-refractivity contribution >= 4 is 34.0 Å². The Morgan fingerprint density at radius 2 is 1.93 bits per heavy atom. The van der Waals surface area contributed by atoms with E-state index in [4.69, 9.17) is 4.74 Å². The lowest BCUT2D eigenvalue weighted by atomic mass is 10.1. The molecular formula is C19H27N3O4S2. The topological polar surface area (TPSA) is 97.4 Å². The monoisotopic (exact) mass is 425 g/mol. The first-order valence-corrected chi connectivity index (χ1v) is 11.2. The van der Waals surface area contributed by atoms with Crippen molar-refractivity contribution in [3.8, 4) is 0 Å². The largest absolute Gasteiger partial charge is 0.444 e. The smallest absolute Gasteiger partial charge is 0.408 e. The highest BCUT2D eigenvalue weighted by atomic mass is 32.2. The number of rotatable bonds is 8. The van der Waals surface area contributed by atoms with E-state index in [9.17, 15) is 13.2 Å². The van der Waals surface area contributed by atoms with E-state index in [-0.39, 0.29) is 6.04 Å². The van der Waals surface area contributed by atoms with E-state index in [0.29, 0.717) is 12.1 Å². The summed E-state index contributed by atoms with van der Waals surface area (Å²) >= 11 is 1.51. The minimum absolute atomic E-state index is 0.333. The Kier molecular flexibility index (Phi) is 7.82. The molecule has 0 saturated heterocycles. The van der Waals surface area contributed by atoms with Crippen LogP contribution in [0.4, 0.5) is 10.5 Å². The molecule has 0 spiro atoms. The fourth-order valence-corrected chi connectivity index (χ4v) is 3.82. The third kappa shape index (κ3) is 7.47. The summed E-state index contributed by atoms with van der Waals surface area (Å²) < 4.78 is 29.3. The third-order valence-corrected chi connectivity index (χ3v) is 5.13. The van der Waals surface area contributed by atoms with Crippen molar-refractivity contribution in [3.05, 3.63) is 45.9 Å². The Balaban J connectivity index is 2.18. The number of nitrogens with one attached hydrogen (secondary N) is 2. The standard InChI is InChI=1S/C19H27N3O4S2/c1-5-6-15-12-27-17(20-15)16(21-18(23)26-19(2,3)4)11-13-7-9-14(10-8-13)22-28(24)25/h7-10,12,16,28H,5-6,11H2,1-4H3,(H,21,23)(H,22,24,25)/t16-/m0/s1. The first-order valence-electron chi connectivity index (χ1n) is 9.10. The lowest BCUT2D eigenvalue weighted by Gasteiger charge is -2.23. The molecule has 0 aliphatic rings. The second-order valence-corrected chi connectivity index (χ2v) is 9.02. The van der Waals surface area contributed by atoms with E-state index >= 15 is 0 Å². The summed E-state index contributed by atoms with van der Waals surface area (Å²) in [7, 11) is -2.70. The van der Waals surface area contributed by atoms with Crippen molar-refractivity contribution in [1.82, 2.24) is 10.3 Å². The third-order valence-electron chi connectivity index (χ3n) is 3.68. The van der Waals surface area contributed by atoms with Crippen LogP contribution in [0.25, 0.3) is 0 Å². The minimum Gasteiger partial charge on any atom is -0.444 e. The zero-order valence-corrected chi connectivity index (χ0v) is 18.2. The van der Waals surface area contributed by atoms with Crippen molar-refractivity contribution in [3.63, 3.8) is 0 Å². The number of thiazole rings is 1. The molecule has 1 aromatic heterocycles. The fraction of sp³-hybridized carbons (Fsp3) is 0.474. The SMILES string of the molecule is CCCc1csc([C@H](Cc2ccc(N[SH](=O)=O)cc2)NC(=O)OC(C)(C)C)n1. The molecule has 1 amide bonds. The molecule has 0 unspecified atom stereocenters. The highest BCUT2D eigenvalue weighted by Gasteiger charge is 2.23. The van der Waals surface area contributed by atoms with Gasteiger partial charge in [-0.15, -0.1) is 11.3 Å². The average Bonchev–Trinajstić information content (AvgIpc) is 3.03. The molecule has 154 valence electrons. The molecule has 0 fully saturated rings. The molecule has 2 N–H and O–H groups in total. The number of aryl methyl sites for hydroxylation is 1. The Labute approximate surface area is 171 Å². The van der Waals surface area contributed by atoms with Gasteiger partial charge in [0.15, 0.2) is 0 Å². The maximum atomic E-state index is 12.3. The summed E-state index contributed by atoms with van der Waals surface area (Å²) in [5, 5.41) is 5.75. The number of carbonyl (C=O) groups is 1. The van der Waals surface area contributed by atoms with E-state index in [0.717, 1.165) is 29.1 Å². The highest BCUT2D eigenvalue weighted by molar-refractivity contribution is 7.73. The van der Waals surface area contributed by atoms with Crippen LogP contribution in [0.15, 0.2) is 29.6 Å². The van der Waals surface area contributed by atoms with Crippen molar-refractivity contribution in [2.45, 2.75) is 58.6 Å². The summed E-state index contributed by atoms with van der Waals surface area (Å²) in [6.07, 6.45) is 1.92. The number of amides is 1. The Morgan fingerprint density at radius 3 is 2.50 bits per heavy atom. The van der Waals surface area contributed by atoms with Gasteiger partial charge in [-0.1, -0.05) is 25.5 Å². The number of hydrogen-bond acceptors (Lipinski definition) is 6. The number of nitrogens with zero attached hydrogens (tertiary/aromatic N) is 1. The fourth-order valence-electron chi connectivity index (χ4n) is 2.56. The van der Waals surface area contributed by atoms with Crippen LogP contribution in [0.5, 0.6) is 0 Å². The van der Waals surface area contributed by atoms with Crippen LogP contribution in [0.2, 0.25) is 0 Å². The molecule has 1 atom stereocenters. The van der Waals surface area contributed by atoms with Gasteiger partial charge in [0.2, 0.25) is 10.9 Å². The molecule has 0 aliphatic carbocycles. The quantitative estimate of drug-likeness (QED) is 0.558. The molecule has 0 saturated carbocycles. The second kappa shape index (κ2) is 9.88. The lowest BCUT2D eigenvalue weighted by Crippen LogP contribution is -2.35. The van der Waals surface area contributed by atoms with Gasteiger partial charge in [-0.2, -0.15) is 0 Å². The molecule has 28 heavy (non-hydrogen) atoms. The van der Waals surface area contributed by atoms with Crippen LogP contribution in [-0.4, -0.2) is 25.1 Å². The van der Waals surface area contributed by atoms with Crippen molar-refractivity contribution in [1.29, 1.82) is 0 Å². The van der Waals surface area contributed by atoms with Crippen molar-refractivity contribution < 1.29 is 17.9 Å². The maximum Gasteiger partial charge on any atom is 0.408 e. The van der Waals surface area contributed by atoms with Gasteiger partial charge >= 0.3 is 6.09 Å². The van der Waals surface area contributed by atoms with E-state index in [1.165, 1.54) is 11.3 Å². The highest BCUT2D eigenvalue weighted by Crippen LogP contribution is 2.24. The summed E-state index contributed by atoms with van der Waals surface area (Å²) in [5.74, 6) is 0. The summed E-state index contributed by atoms with van der Waals surface area (Å²) in [4.78, 5) is 17.0. The predicted molar refractivity (Wildman–Crippen MR) is 112 cm³/mol. The normalized spacial score (nSPS) is 12.6. The molecule has 0 aliphatic heterocycles. The van der Waals surface area contributed by atoms with Crippen molar-refractivity contribution in [2.24, 2.45) is 0 Å². The number of anilines is 1. The number of hydrogen-bond donors (Lipinski definition) is 3. The van der Waals surface area contributed by atoms with E-state index in [1.54, 1.807) is 12.1 Å². The van der Waals surface area contributed by atoms with Crippen molar-refractivity contribution in [2.75, 3.05) is 4.72 Å². The second-order valence-electron chi connectivity index (χ2n) is 7.40. The number of thiol groups is 1. The van der Waals surface area contributed by atoms with Gasteiger partial charge in [-0.25, -0.2) is 18.2 Å². The zero-order valence-electron chi connectivity index (χ0n) is 16.5. The Hall–Kier alpha value is -2.13. The molecule has 1 aromatic carbocycles. The summed E-state index contributed by atoms with van der Waals surface area (Å²) in [6.45, 7) is 7.55. The Bertz CT molecular complexity index is 847. The first kappa shape index (κ1) is 22.2. The molecule has 0 radical (unpaired) electrons. The molecule has 7 nitrogen and oxygen atoms in total. The van der Waals surface area contributed by atoms with Crippen LogP contribution in [0.1, 0.15) is 56.4 Å². The van der Waals surface area contributed by atoms with Gasteiger partial charge in [-0.3, -0.25) is 4.72 Å². The number of aromatic nitrogens is 1. The Morgan fingerprint density at radius 1 is 1.25 bits per heavy atom. The van der Waals surface area contributed by atoms with Gasteiger partial charge < -0.3 is 10.1 Å². The zero-order chi connectivity index (χ0) is 20.7.